The summed E-state index contributed by atoms with van der Waals surface area (Å²) in [5.41, 5.74) is 3.78. The molecule has 1 heterocycles. The molecule has 0 aliphatic heterocycles. The average Bonchev–Trinajstić information content (AvgIpc) is 3.06. The Hall–Kier alpha value is -3.41. The molecule has 0 aliphatic rings. The quantitative estimate of drug-likeness (QED) is 0.725. The first kappa shape index (κ1) is 18.4. The summed E-state index contributed by atoms with van der Waals surface area (Å²) in [5.74, 6) is 0.0235. The molecule has 0 fully saturated rings. The molecule has 6 nitrogen and oxygen atoms in total. The summed E-state index contributed by atoms with van der Waals surface area (Å²) in [6, 6.07) is 15.0. The van der Waals surface area contributed by atoms with Crippen LogP contribution in [0.2, 0.25) is 0 Å². The van der Waals surface area contributed by atoms with Gasteiger partial charge in [-0.25, -0.2) is 4.98 Å². The monoisotopic (exact) mass is 363 g/mol. The first-order valence-corrected chi connectivity index (χ1v) is 8.63. The van der Waals surface area contributed by atoms with E-state index in [-0.39, 0.29) is 18.1 Å². The summed E-state index contributed by atoms with van der Waals surface area (Å²) in [5, 5.41) is 5.39. The van der Waals surface area contributed by atoms with Gasteiger partial charge in [0.1, 0.15) is 5.76 Å². The maximum Gasteiger partial charge on any atom is 0.273 e. The largest absolute Gasteiger partial charge is 0.441 e. The van der Waals surface area contributed by atoms with Crippen LogP contribution in [0.1, 0.15) is 27.4 Å². The van der Waals surface area contributed by atoms with Crippen molar-refractivity contribution in [3.8, 4) is 11.5 Å². The number of oxazole rings is 1. The molecule has 138 valence electrons. The van der Waals surface area contributed by atoms with E-state index >= 15 is 0 Å². The van der Waals surface area contributed by atoms with Crippen molar-refractivity contribution in [3.63, 3.8) is 0 Å². The second kappa shape index (κ2) is 7.86. The molecule has 27 heavy (non-hydrogen) atoms. The van der Waals surface area contributed by atoms with E-state index in [1.165, 1.54) is 0 Å². The lowest BCUT2D eigenvalue weighted by molar-refractivity contribution is -0.115. The average molecular weight is 363 g/mol. The van der Waals surface area contributed by atoms with Crippen molar-refractivity contribution in [2.45, 2.75) is 20.8 Å². The molecule has 1 aromatic heterocycles. The lowest BCUT2D eigenvalue weighted by Gasteiger charge is -2.10. The minimum atomic E-state index is -0.449. The molecule has 0 unspecified atom stereocenters. The van der Waals surface area contributed by atoms with E-state index in [1.807, 2.05) is 62.4 Å². The van der Waals surface area contributed by atoms with Crippen LogP contribution in [0.5, 0.6) is 0 Å². The zero-order chi connectivity index (χ0) is 19.4. The summed E-state index contributed by atoms with van der Waals surface area (Å²) in [7, 11) is 0. The molecule has 0 spiro atoms. The molecular weight excluding hydrogens is 342 g/mol. The minimum absolute atomic E-state index is 0.154. The zero-order valence-corrected chi connectivity index (χ0v) is 15.5. The number of benzene rings is 2. The van der Waals surface area contributed by atoms with Gasteiger partial charge in [-0.15, -0.1) is 0 Å². The topological polar surface area (TPSA) is 84.2 Å². The van der Waals surface area contributed by atoms with E-state index in [2.05, 4.69) is 15.6 Å². The Labute approximate surface area is 157 Å². The van der Waals surface area contributed by atoms with Gasteiger partial charge < -0.3 is 15.1 Å². The van der Waals surface area contributed by atoms with Crippen LogP contribution in [0.15, 0.2) is 52.9 Å². The van der Waals surface area contributed by atoms with Gasteiger partial charge in [-0.1, -0.05) is 30.3 Å². The van der Waals surface area contributed by atoms with Crippen LogP contribution in [0.25, 0.3) is 11.5 Å². The number of carbonyl (C=O) groups is 2. The summed E-state index contributed by atoms with van der Waals surface area (Å²) in [6.07, 6.45) is 0. The molecule has 2 aromatic carbocycles. The Kier molecular flexibility index (Phi) is 5.35. The molecular formula is C21H21N3O3. The van der Waals surface area contributed by atoms with Gasteiger partial charge in [0.25, 0.3) is 5.91 Å². The van der Waals surface area contributed by atoms with Crippen LogP contribution in [0.3, 0.4) is 0 Å². The molecule has 2 amide bonds. The second-order valence-corrected chi connectivity index (χ2v) is 6.27. The van der Waals surface area contributed by atoms with Crippen molar-refractivity contribution < 1.29 is 14.0 Å². The van der Waals surface area contributed by atoms with Crippen molar-refractivity contribution in [2.24, 2.45) is 0 Å². The van der Waals surface area contributed by atoms with Gasteiger partial charge in [0.05, 0.1) is 6.54 Å². The van der Waals surface area contributed by atoms with E-state index in [4.69, 9.17) is 4.42 Å². The van der Waals surface area contributed by atoms with Gasteiger partial charge in [0, 0.05) is 11.3 Å². The standard InChI is InChI=1S/C21H21N3O3/c1-13-8-7-11-17(14(13)2)23-18(25)12-22-20(26)19-15(3)27-21(24-19)16-9-5-4-6-10-16/h4-11H,12H2,1-3H3,(H,22,26)(H,23,25). The van der Waals surface area contributed by atoms with E-state index in [9.17, 15) is 9.59 Å². The SMILES string of the molecule is Cc1cccc(NC(=O)CNC(=O)c2nc(-c3ccccc3)oc2C)c1C. The number of nitrogens with zero attached hydrogens (tertiary/aromatic N) is 1. The molecule has 0 saturated heterocycles. The number of hydrogen-bond donors (Lipinski definition) is 2. The van der Waals surface area contributed by atoms with Gasteiger partial charge in [0.15, 0.2) is 5.69 Å². The molecule has 0 saturated carbocycles. The summed E-state index contributed by atoms with van der Waals surface area (Å²) in [4.78, 5) is 28.8. The Morgan fingerprint density at radius 2 is 1.74 bits per heavy atom. The summed E-state index contributed by atoms with van der Waals surface area (Å²) >= 11 is 0. The van der Waals surface area contributed by atoms with Crippen molar-refractivity contribution in [1.82, 2.24) is 10.3 Å². The van der Waals surface area contributed by atoms with Crippen LogP contribution in [-0.4, -0.2) is 23.3 Å². The summed E-state index contributed by atoms with van der Waals surface area (Å²) < 4.78 is 5.58. The van der Waals surface area contributed by atoms with Crippen LogP contribution < -0.4 is 10.6 Å². The number of anilines is 1. The number of rotatable bonds is 5. The number of amides is 2. The maximum absolute atomic E-state index is 12.4. The number of hydrogen-bond acceptors (Lipinski definition) is 4. The third kappa shape index (κ3) is 4.23. The lowest BCUT2D eigenvalue weighted by Crippen LogP contribution is -2.33. The molecule has 3 rings (SSSR count). The Balaban J connectivity index is 1.63. The predicted molar refractivity (Wildman–Crippen MR) is 104 cm³/mol. The molecule has 0 aliphatic carbocycles. The molecule has 0 atom stereocenters. The highest BCUT2D eigenvalue weighted by Crippen LogP contribution is 2.21. The van der Waals surface area contributed by atoms with Crippen LogP contribution in [0.4, 0.5) is 5.69 Å². The maximum atomic E-state index is 12.4. The highest BCUT2D eigenvalue weighted by atomic mass is 16.4. The fraction of sp³-hybridized carbons (Fsp3) is 0.190. The van der Waals surface area contributed by atoms with Gasteiger partial charge in [-0.05, 0) is 50.1 Å². The lowest BCUT2D eigenvalue weighted by atomic mass is 10.1. The number of carbonyl (C=O) groups excluding carboxylic acids is 2. The fourth-order valence-corrected chi connectivity index (χ4v) is 2.64. The zero-order valence-electron chi connectivity index (χ0n) is 15.5. The smallest absolute Gasteiger partial charge is 0.273 e. The minimum Gasteiger partial charge on any atom is -0.441 e. The molecule has 3 aromatic rings. The van der Waals surface area contributed by atoms with Crippen LogP contribution in [0, 0.1) is 20.8 Å². The van der Waals surface area contributed by atoms with E-state index in [0.717, 1.165) is 22.4 Å². The second-order valence-electron chi connectivity index (χ2n) is 6.27. The molecule has 0 bridgehead atoms. The van der Waals surface area contributed by atoms with Crippen molar-refractivity contribution in [2.75, 3.05) is 11.9 Å². The van der Waals surface area contributed by atoms with Gasteiger partial charge >= 0.3 is 0 Å². The number of aryl methyl sites for hydroxylation is 2. The van der Waals surface area contributed by atoms with Gasteiger partial charge in [0.2, 0.25) is 11.8 Å². The Morgan fingerprint density at radius 1 is 1.00 bits per heavy atom. The molecule has 0 radical (unpaired) electrons. The van der Waals surface area contributed by atoms with Crippen molar-refractivity contribution >= 4 is 17.5 Å². The Morgan fingerprint density at radius 3 is 2.48 bits per heavy atom. The number of aromatic nitrogens is 1. The van der Waals surface area contributed by atoms with Crippen LogP contribution in [-0.2, 0) is 4.79 Å². The third-order valence-corrected chi connectivity index (χ3v) is 4.32. The van der Waals surface area contributed by atoms with Crippen LogP contribution >= 0.6 is 0 Å². The van der Waals surface area contributed by atoms with Crippen molar-refractivity contribution in [3.05, 3.63) is 71.1 Å². The van der Waals surface area contributed by atoms with Gasteiger partial charge in [-0.2, -0.15) is 0 Å². The number of nitrogens with one attached hydrogen (secondary N) is 2. The van der Waals surface area contributed by atoms with E-state index in [1.54, 1.807) is 6.92 Å². The first-order chi connectivity index (χ1) is 13.0. The van der Waals surface area contributed by atoms with E-state index in [0.29, 0.717) is 11.7 Å². The summed E-state index contributed by atoms with van der Waals surface area (Å²) in [6.45, 7) is 5.43. The van der Waals surface area contributed by atoms with E-state index < -0.39 is 5.91 Å². The predicted octanol–water partition coefficient (Wildman–Crippen LogP) is 3.64. The molecule has 6 heteroatoms. The highest BCUT2D eigenvalue weighted by Gasteiger charge is 2.18. The third-order valence-electron chi connectivity index (χ3n) is 4.32. The Bertz CT molecular complexity index is 978. The normalized spacial score (nSPS) is 10.5. The van der Waals surface area contributed by atoms with Gasteiger partial charge in [-0.3, -0.25) is 9.59 Å². The molecule has 2 N–H and O–H groups in total. The van der Waals surface area contributed by atoms with Crippen molar-refractivity contribution in [1.29, 1.82) is 0 Å². The highest BCUT2D eigenvalue weighted by molar-refractivity contribution is 5.99. The first-order valence-electron chi connectivity index (χ1n) is 8.63. The fourth-order valence-electron chi connectivity index (χ4n) is 2.64.